The second-order valence-electron chi connectivity index (χ2n) is 5.03. The molecule has 3 rings (SSSR count). The lowest BCUT2D eigenvalue weighted by molar-refractivity contribution is 0.627. The fraction of sp³-hybridized carbons (Fsp3) is 0.118. The van der Waals surface area contributed by atoms with Crippen LogP contribution in [0.5, 0.6) is 0 Å². The number of fused-ring (bicyclic) bond motifs is 1. The van der Waals surface area contributed by atoms with Gasteiger partial charge in [-0.1, -0.05) is 24.3 Å². The number of rotatable bonds is 3. The summed E-state index contributed by atoms with van der Waals surface area (Å²) in [5, 5.41) is 5.28. The summed E-state index contributed by atoms with van der Waals surface area (Å²) < 4.78 is 12.9. The monoisotopic (exact) mass is 281 g/mol. The molecule has 0 unspecified atom stereocenters. The third-order valence-corrected chi connectivity index (χ3v) is 3.41. The first-order valence-electron chi connectivity index (χ1n) is 6.77. The molecule has 0 bridgehead atoms. The van der Waals surface area contributed by atoms with Gasteiger partial charge >= 0.3 is 0 Å². The maximum absolute atomic E-state index is 12.9. The molecular weight excluding hydrogens is 265 g/mol. The zero-order valence-corrected chi connectivity index (χ0v) is 11.7. The molecule has 1 heterocycles. The van der Waals surface area contributed by atoms with Crippen molar-refractivity contribution in [3.63, 3.8) is 0 Å². The fourth-order valence-corrected chi connectivity index (χ4v) is 2.35. The Balaban J connectivity index is 1.93. The molecule has 3 N–H and O–H groups in total. The van der Waals surface area contributed by atoms with E-state index in [9.17, 15) is 4.39 Å². The summed E-state index contributed by atoms with van der Waals surface area (Å²) in [4.78, 5) is 4.53. The molecule has 0 amide bonds. The fourth-order valence-electron chi connectivity index (χ4n) is 2.35. The first-order valence-corrected chi connectivity index (χ1v) is 6.77. The molecule has 2 aromatic carbocycles. The number of aryl methyl sites for hydroxylation is 1. The topological polar surface area (TPSA) is 50.9 Å². The van der Waals surface area contributed by atoms with Crippen LogP contribution in [0.25, 0.3) is 10.8 Å². The third kappa shape index (κ3) is 2.79. The minimum Gasteiger partial charge on any atom is -0.398 e. The summed E-state index contributed by atoms with van der Waals surface area (Å²) in [5.74, 6) is 0.562. The van der Waals surface area contributed by atoms with Crippen molar-refractivity contribution in [3.8, 4) is 0 Å². The van der Waals surface area contributed by atoms with Crippen molar-refractivity contribution in [2.24, 2.45) is 0 Å². The van der Waals surface area contributed by atoms with Gasteiger partial charge in [0.2, 0.25) is 0 Å². The van der Waals surface area contributed by atoms with E-state index in [0.29, 0.717) is 6.54 Å². The van der Waals surface area contributed by atoms with Gasteiger partial charge in [0, 0.05) is 28.7 Å². The second kappa shape index (κ2) is 5.40. The van der Waals surface area contributed by atoms with E-state index in [-0.39, 0.29) is 5.82 Å². The number of nitrogens with one attached hydrogen (secondary N) is 1. The van der Waals surface area contributed by atoms with Gasteiger partial charge in [-0.15, -0.1) is 0 Å². The lowest BCUT2D eigenvalue weighted by atomic mass is 10.1. The highest BCUT2D eigenvalue weighted by Gasteiger charge is 2.06. The molecule has 0 radical (unpaired) electrons. The van der Waals surface area contributed by atoms with E-state index >= 15 is 0 Å². The molecule has 0 spiro atoms. The molecule has 3 nitrogen and oxygen atoms in total. The summed E-state index contributed by atoms with van der Waals surface area (Å²) in [6.07, 6.45) is 0. The molecule has 0 saturated heterocycles. The van der Waals surface area contributed by atoms with Crippen LogP contribution in [0.3, 0.4) is 0 Å². The molecule has 0 saturated carbocycles. The van der Waals surface area contributed by atoms with Crippen LogP contribution in [0.15, 0.2) is 48.5 Å². The Bertz CT molecular complexity index is 782. The van der Waals surface area contributed by atoms with Gasteiger partial charge in [0.1, 0.15) is 11.6 Å². The minimum absolute atomic E-state index is 0.231. The normalized spacial score (nSPS) is 10.8. The Morgan fingerprint density at radius 3 is 2.62 bits per heavy atom. The van der Waals surface area contributed by atoms with Crippen molar-refractivity contribution < 1.29 is 4.39 Å². The molecule has 0 fully saturated rings. The number of nitrogens with zero attached hydrogens (tertiary/aromatic N) is 1. The van der Waals surface area contributed by atoms with Crippen LogP contribution in [-0.2, 0) is 6.54 Å². The molecule has 0 aliphatic heterocycles. The average molecular weight is 281 g/mol. The standard InChI is InChI=1S/C17H16FN3/c1-11-9-15-14(3-2-4-16(15)19)17(21-11)20-10-12-5-7-13(18)8-6-12/h2-9H,10,19H2,1H3,(H,20,21). The van der Waals surface area contributed by atoms with Crippen LogP contribution in [0.1, 0.15) is 11.3 Å². The van der Waals surface area contributed by atoms with Crippen molar-refractivity contribution in [1.82, 2.24) is 4.98 Å². The number of hydrogen-bond acceptors (Lipinski definition) is 3. The van der Waals surface area contributed by atoms with Crippen LogP contribution >= 0.6 is 0 Å². The van der Waals surface area contributed by atoms with E-state index in [1.165, 1.54) is 12.1 Å². The Hall–Kier alpha value is -2.62. The van der Waals surface area contributed by atoms with Crippen LogP contribution in [0.2, 0.25) is 0 Å². The number of halogens is 1. The molecule has 1 aromatic heterocycles. The number of hydrogen-bond donors (Lipinski definition) is 2. The maximum atomic E-state index is 12.9. The van der Waals surface area contributed by atoms with Crippen molar-refractivity contribution in [1.29, 1.82) is 0 Å². The van der Waals surface area contributed by atoms with Gasteiger partial charge in [-0.2, -0.15) is 0 Å². The SMILES string of the molecule is Cc1cc2c(N)cccc2c(NCc2ccc(F)cc2)n1. The summed E-state index contributed by atoms with van der Waals surface area (Å²) >= 11 is 0. The van der Waals surface area contributed by atoms with E-state index in [0.717, 1.165) is 33.5 Å². The number of aromatic nitrogens is 1. The molecule has 21 heavy (non-hydrogen) atoms. The number of nitrogens with two attached hydrogens (primary N) is 1. The minimum atomic E-state index is -0.231. The number of anilines is 2. The quantitative estimate of drug-likeness (QED) is 0.716. The van der Waals surface area contributed by atoms with Crippen LogP contribution in [0.4, 0.5) is 15.9 Å². The lowest BCUT2D eigenvalue weighted by Gasteiger charge is -2.11. The summed E-state index contributed by atoms with van der Waals surface area (Å²) in [5.41, 5.74) is 8.66. The van der Waals surface area contributed by atoms with E-state index in [4.69, 9.17) is 5.73 Å². The first kappa shape index (κ1) is 13.4. The molecule has 3 aromatic rings. The lowest BCUT2D eigenvalue weighted by Crippen LogP contribution is -2.03. The summed E-state index contributed by atoms with van der Waals surface area (Å²) in [6, 6.07) is 14.2. The highest BCUT2D eigenvalue weighted by atomic mass is 19.1. The van der Waals surface area contributed by atoms with Gasteiger partial charge in [-0.05, 0) is 36.8 Å². The summed E-state index contributed by atoms with van der Waals surface area (Å²) in [7, 11) is 0. The molecule has 0 aliphatic carbocycles. The predicted molar refractivity (Wildman–Crippen MR) is 84.6 cm³/mol. The van der Waals surface area contributed by atoms with Gasteiger partial charge in [0.25, 0.3) is 0 Å². The molecule has 0 atom stereocenters. The zero-order valence-electron chi connectivity index (χ0n) is 11.7. The number of benzene rings is 2. The third-order valence-electron chi connectivity index (χ3n) is 3.41. The van der Waals surface area contributed by atoms with Crippen LogP contribution < -0.4 is 11.1 Å². The van der Waals surface area contributed by atoms with Crippen molar-refractivity contribution in [2.75, 3.05) is 11.1 Å². The Labute approximate surface area is 122 Å². The molecule has 4 heteroatoms. The maximum Gasteiger partial charge on any atom is 0.134 e. The van der Waals surface area contributed by atoms with Crippen molar-refractivity contribution in [2.45, 2.75) is 13.5 Å². The Morgan fingerprint density at radius 1 is 1.10 bits per heavy atom. The predicted octanol–water partition coefficient (Wildman–Crippen LogP) is 3.88. The van der Waals surface area contributed by atoms with Gasteiger partial charge < -0.3 is 11.1 Å². The summed E-state index contributed by atoms with van der Waals surface area (Å²) in [6.45, 7) is 2.52. The van der Waals surface area contributed by atoms with Crippen LogP contribution in [0, 0.1) is 12.7 Å². The van der Waals surface area contributed by atoms with Crippen molar-refractivity contribution >= 4 is 22.3 Å². The highest BCUT2D eigenvalue weighted by molar-refractivity contribution is 5.99. The van der Waals surface area contributed by atoms with E-state index < -0.39 is 0 Å². The number of pyridine rings is 1. The van der Waals surface area contributed by atoms with E-state index in [1.54, 1.807) is 12.1 Å². The Kier molecular flexibility index (Phi) is 3.44. The highest BCUT2D eigenvalue weighted by Crippen LogP contribution is 2.27. The first-order chi connectivity index (χ1) is 10.1. The van der Waals surface area contributed by atoms with Gasteiger partial charge in [-0.3, -0.25) is 0 Å². The van der Waals surface area contributed by atoms with E-state index in [2.05, 4.69) is 10.3 Å². The van der Waals surface area contributed by atoms with Gasteiger partial charge in [-0.25, -0.2) is 9.37 Å². The van der Waals surface area contributed by atoms with Gasteiger partial charge in [0.05, 0.1) is 0 Å². The van der Waals surface area contributed by atoms with Crippen molar-refractivity contribution in [3.05, 3.63) is 65.6 Å². The smallest absolute Gasteiger partial charge is 0.134 e. The van der Waals surface area contributed by atoms with Gasteiger partial charge in [0.15, 0.2) is 0 Å². The molecule has 106 valence electrons. The molecular formula is C17H16FN3. The molecule has 0 aliphatic rings. The second-order valence-corrected chi connectivity index (χ2v) is 5.03. The van der Waals surface area contributed by atoms with E-state index in [1.807, 2.05) is 31.2 Å². The largest absolute Gasteiger partial charge is 0.398 e. The average Bonchev–Trinajstić information content (AvgIpc) is 2.47. The zero-order chi connectivity index (χ0) is 14.8. The van der Waals surface area contributed by atoms with Crippen LogP contribution in [-0.4, -0.2) is 4.98 Å². The number of nitrogen functional groups attached to an aromatic ring is 1. The Morgan fingerprint density at radius 2 is 1.86 bits per heavy atom.